The highest BCUT2D eigenvalue weighted by Gasteiger charge is 2.24. The molecule has 0 bridgehead atoms. The minimum absolute atomic E-state index is 0.0200. The van der Waals surface area contributed by atoms with Crippen LogP contribution in [0.25, 0.3) is 0 Å². The topological polar surface area (TPSA) is 91.4 Å². The third-order valence-corrected chi connectivity index (χ3v) is 5.05. The lowest BCUT2D eigenvalue weighted by molar-refractivity contribution is -0.136. The molecule has 7 nitrogen and oxygen atoms in total. The molecule has 1 aliphatic rings. The van der Waals surface area contributed by atoms with Gasteiger partial charge in [-0.05, 0) is 68.0 Å². The first kappa shape index (κ1) is 20.5. The molecule has 3 rings (SSSR count). The van der Waals surface area contributed by atoms with Crippen molar-refractivity contribution in [1.29, 1.82) is 0 Å². The Morgan fingerprint density at radius 3 is 2.38 bits per heavy atom. The molecule has 1 aromatic heterocycles. The molecule has 2 heterocycles. The van der Waals surface area contributed by atoms with Crippen LogP contribution in [0.2, 0.25) is 0 Å². The molecule has 0 unspecified atom stereocenters. The number of amides is 3. The summed E-state index contributed by atoms with van der Waals surface area (Å²) in [6.45, 7) is 5.56. The van der Waals surface area contributed by atoms with Crippen molar-refractivity contribution in [3.05, 3.63) is 59.4 Å². The molecule has 1 aromatic carbocycles. The van der Waals surface area contributed by atoms with E-state index in [1.54, 1.807) is 24.5 Å². The van der Waals surface area contributed by atoms with Gasteiger partial charge in [0.25, 0.3) is 5.91 Å². The molecular formula is C22H26N4O3. The largest absolute Gasteiger partial charge is 0.348 e. The number of aromatic nitrogens is 1. The van der Waals surface area contributed by atoms with Crippen LogP contribution in [-0.2, 0) is 9.59 Å². The quantitative estimate of drug-likeness (QED) is 0.779. The summed E-state index contributed by atoms with van der Waals surface area (Å²) in [5.74, 6) is -1.09. The summed E-state index contributed by atoms with van der Waals surface area (Å²) in [5, 5.41) is 5.35. The summed E-state index contributed by atoms with van der Waals surface area (Å²) in [7, 11) is 0. The average molecular weight is 394 g/mol. The van der Waals surface area contributed by atoms with Gasteiger partial charge < -0.3 is 15.5 Å². The number of nitrogens with one attached hydrogen (secondary N) is 2. The van der Waals surface area contributed by atoms with Crippen molar-refractivity contribution in [2.75, 3.05) is 25.0 Å². The maximum Gasteiger partial charge on any atom is 0.313 e. The number of likely N-dealkylation sites (tertiary alicyclic amines) is 1. The van der Waals surface area contributed by atoms with E-state index in [9.17, 15) is 14.4 Å². The first-order valence-corrected chi connectivity index (χ1v) is 9.79. The standard InChI is InChI=1S/C22H26N4O3/c1-15-10-16(2)12-19(11-15)25-21(28)20(27)24-13-17-5-8-26(9-6-17)22(29)18-4-3-7-23-14-18/h3-4,7,10-12,14,17H,5-6,8-9,13H2,1-2H3,(H,24,27)(H,25,28). The molecule has 0 saturated carbocycles. The fourth-order valence-corrected chi connectivity index (χ4v) is 3.56. The van der Waals surface area contributed by atoms with Crippen LogP contribution < -0.4 is 10.6 Å². The molecule has 152 valence electrons. The first-order chi connectivity index (χ1) is 13.9. The van der Waals surface area contributed by atoms with Gasteiger partial charge in [0.15, 0.2) is 0 Å². The minimum atomic E-state index is -0.667. The van der Waals surface area contributed by atoms with Crippen LogP contribution in [0.4, 0.5) is 5.69 Å². The van der Waals surface area contributed by atoms with Crippen LogP contribution in [0.1, 0.15) is 34.3 Å². The molecule has 1 aliphatic heterocycles. The SMILES string of the molecule is Cc1cc(C)cc(NC(=O)C(=O)NCC2CCN(C(=O)c3cccnc3)CC2)c1. The zero-order valence-corrected chi connectivity index (χ0v) is 16.8. The Labute approximate surface area is 170 Å². The summed E-state index contributed by atoms with van der Waals surface area (Å²) in [6.07, 6.45) is 4.78. The Morgan fingerprint density at radius 1 is 1.07 bits per heavy atom. The number of anilines is 1. The van der Waals surface area contributed by atoms with Gasteiger partial charge in [-0.3, -0.25) is 19.4 Å². The molecule has 29 heavy (non-hydrogen) atoms. The van der Waals surface area contributed by atoms with Crippen LogP contribution in [0, 0.1) is 19.8 Å². The first-order valence-electron chi connectivity index (χ1n) is 9.79. The molecule has 2 aromatic rings. The van der Waals surface area contributed by atoms with Gasteiger partial charge in [0.2, 0.25) is 0 Å². The Morgan fingerprint density at radius 2 is 1.76 bits per heavy atom. The number of benzene rings is 1. The highest BCUT2D eigenvalue weighted by Crippen LogP contribution is 2.18. The molecule has 3 amide bonds. The lowest BCUT2D eigenvalue weighted by Gasteiger charge is -2.32. The smallest absolute Gasteiger partial charge is 0.313 e. The highest BCUT2D eigenvalue weighted by atomic mass is 16.2. The summed E-state index contributed by atoms with van der Waals surface area (Å²) in [6, 6.07) is 9.16. The molecule has 0 aliphatic carbocycles. The van der Waals surface area contributed by atoms with Gasteiger partial charge in [0.1, 0.15) is 0 Å². The molecule has 7 heteroatoms. The van der Waals surface area contributed by atoms with Gasteiger partial charge in [-0.25, -0.2) is 0 Å². The number of carbonyl (C=O) groups is 3. The van der Waals surface area contributed by atoms with Crippen molar-refractivity contribution in [3.63, 3.8) is 0 Å². The van der Waals surface area contributed by atoms with E-state index in [1.807, 2.05) is 36.9 Å². The molecule has 1 saturated heterocycles. The van der Waals surface area contributed by atoms with E-state index in [-0.39, 0.29) is 11.8 Å². The van der Waals surface area contributed by atoms with Crippen molar-refractivity contribution < 1.29 is 14.4 Å². The van der Waals surface area contributed by atoms with Gasteiger partial charge in [0.05, 0.1) is 5.56 Å². The second-order valence-electron chi connectivity index (χ2n) is 7.52. The van der Waals surface area contributed by atoms with Crippen molar-refractivity contribution in [2.24, 2.45) is 5.92 Å². The fourth-order valence-electron chi connectivity index (χ4n) is 3.56. The van der Waals surface area contributed by atoms with E-state index in [0.29, 0.717) is 30.9 Å². The van der Waals surface area contributed by atoms with E-state index in [1.165, 1.54) is 0 Å². The van der Waals surface area contributed by atoms with Crippen molar-refractivity contribution in [3.8, 4) is 0 Å². The van der Waals surface area contributed by atoms with Crippen molar-refractivity contribution in [1.82, 2.24) is 15.2 Å². The minimum Gasteiger partial charge on any atom is -0.348 e. The van der Waals surface area contributed by atoms with E-state index in [4.69, 9.17) is 0 Å². The maximum absolute atomic E-state index is 12.4. The second-order valence-corrected chi connectivity index (χ2v) is 7.52. The average Bonchev–Trinajstić information content (AvgIpc) is 2.71. The van der Waals surface area contributed by atoms with Crippen LogP contribution in [0.15, 0.2) is 42.7 Å². The van der Waals surface area contributed by atoms with Crippen LogP contribution in [-0.4, -0.2) is 47.2 Å². The van der Waals surface area contributed by atoms with E-state index in [2.05, 4.69) is 15.6 Å². The number of rotatable bonds is 4. The fraction of sp³-hybridized carbons (Fsp3) is 0.364. The lowest BCUT2D eigenvalue weighted by Crippen LogP contribution is -2.43. The summed E-state index contributed by atoms with van der Waals surface area (Å²) >= 11 is 0. The number of piperidine rings is 1. The molecule has 1 fully saturated rings. The number of nitrogens with zero attached hydrogens (tertiary/aromatic N) is 2. The third-order valence-electron chi connectivity index (χ3n) is 5.05. The molecule has 0 radical (unpaired) electrons. The van der Waals surface area contributed by atoms with Crippen LogP contribution >= 0.6 is 0 Å². The zero-order chi connectivity index (χ0) is 20.8. The van der Waals surface area contributed by atoms with Gasteiger partial charge in [-0.15, -0.1) is 0 Å². The molecule has 2 N–H and O–H groups in total. The van der Waals surface area contributed by atoms with Gasteiger partial charge in [-0.1, -0.05) is 6.07 Å². The summed E-state index contributed by atoms with van der Waals surface area (Å²) in [5.41, 5.74) is 3.24. The number of hydrogen-bond acceptors (Lipinski definition) is 4. The Balaban J connectivity index is 1.43. The van der Waals surface area contributed by atoms with Crippen LogP contribution in [0.5, 0.6) is 0 Å². The molecular weight excluding hydrogens is 368 g/mol. The van der Waals surface area contributed by atoms with Gasteiger partial charge >= 0.3 is 11.8 Å². The Hall–Kier alpha value is -3.22. The van der Waals surface area contributed by atoms with Gasteiger partial charge in [-0.2, -0.15) is 0 Å². The predicted molar refractivity (Wildman–Crippen MR) is 110 cm³/mol. The number of pyridine rings is 1. The van der Waals surface area contributed by atoms with E-state index in [0.717, 1.165) is 24.0 Å². The lowest BCUT2D eigenvalue weighted by atomic mass is 9.96. The van der Waals surface area contributed by atoms with E-state index >= 15 is 0 Å². The predicted octanol–water partition coefficient (Wildman–Crippen LogP) is 2.31. The normalized spacial score (nSPS) is 14.3. The zero-order valence-electron chi connectivity index (χ0n) is 16.8. The third kappa shape index (κ3) is 5.63. The number of aryl methyl sites for hydroxylation is 2. The Bertz CT molecular complexity index is 870. The van der Waals surface area contributed by atoms with E-state index < -0.39 is 11.8 Å². The summed E-state index contributed by atoms with van der Waals surface area (Å²) in [4.78, 5) is 42.5. The van der Waals surface area contributed by atoms with Crippen LogP contribution in [0.3, 0.4) is 0 Å². The molecule has 0 spiro atoms. The number of hydrogen-bond donors (Lipinski definition) is 2. The monoisotopic (exact) mass is 394 g/mol. The van der Waals surface area contributed by atoms with Gasteiger partial charge in [0, 0.05) is 37.7 Å². The Kier molecular flexibility index (Phi) is 6.59. The molecule has 0 atom stereocenters. The highest BCUT2D eigenvalue weighted by molar-refractivity contribution is 6.39. The summed E-state index contributed by atoms with van der Waals surface area (Å²) < 4.78 is 0. The second kappa shape index (κ2) is 9.32. The van der Waals surface area contributed by atoms with Crippen molar-refractivity contribution >= 4 is 23.4 Å². The maximum atomic E-state index is 12.4. The van der Waals surface area contributed by atoms with Crippen molar-refractivity contribution in [2.45, 2.75) is 26.7 Å². The number of carbonyl (C=O) groups excluding carboxylic acids is 3.